The van der Waals surface area contributed by atoms with Gasteiger partial charge in [-0.1, -0.05) is 36.4 Å². The third kappa shape index (κ3) is 2.61. The maximum Gasteiger partial charge on any atom is 0.350 e. The predicted octanol–water partition coefficient (Wildman–Crippen LogP) is 2.81. The zero-order valence-corrected chi connectivity index (χ0v) is 13.9. The van der Waals surface area contributed by atoms with Gasteiger partial charge in [-0.2, -0.15) is 0 Å². The molecule has 0 saturated heterocycles. The number of hydrogen-bond acceptors (Lipinski definition) is 1. The molecule has 5 nitrogen and oxygen atoms in total. The van der Waals surface area contributed by atoms with Crippen molar-refractivity contribution in [2.45, 2.75) is 6.54 Å². The van der Waals surface area contributed by atoms with Gasteiger partial charge in [0.2, 0.25) is 0 Å². The van der Waals surface area contributed by atoms with Crippen molar-refractivity contribution >= 4 is 27.6 Å². The van der Waals surface area contributed by atoms with Crippen molar-refractivity contribution in [2.24, 2.45) is 16.2 Å². The average molecular weight is 346 g/mol. The molecular formula is C20H17FN5+. The van der Waals surface area contributed by atoms with Gasteiger partial charge in [0.25, 0.3) is 0 Å². The second kappa shape index (κ2) is 6.40. The maximum atomic E-state index is 14.2. The topological polar surface area (TPSA) is 81.3 Å². The molecule has 4 N–H and O–H groups in total. The molecule has 0 bridgehead atoms. The van der Waals surface area contributed by atoms with Crippen LogP contribution in [0.5, 0.6) is 0 Å². The molecule has 6 heteroatoms. The van der Waals surface area contributed by atoms with Crippen LogP contribution in [0.1, 0.15) is 11.1 Å². The molecule has 4 rings (SSSR count). The quantitative estimate of drug-likeness (QED) is 0.193. The fourth-order valence-electron chi connectivity index (χ4n) is 3.30. The Bertz CT molecular complexity index is 1160. The molecule has 128 valence electrons. The van der Waals surface area contributed by atoms with Gasteiger partial charge in [-0.25, -0.2) is 4.39 Å². The molecule has 0 radical (unpaired) electrons. The van der Waals surface area contributed by atoms with Crippen LogP contribution in [0.25, 0.3) is 21.8 Å². The van der Waals surface area contributed by atoms with Gasteiger partial charge in [-0.15, -0.1) is 0 Å². The van der Waals surface area contributed by atoms with Crippen LogP contribution in [0.15, 0.2) is 77.1 Å². The van der Waals surface area contributed by atoms with E-state index in [2.05, 4.69) is 14.9 Å². The normalized spacial score (nSPS) is 11.6. The number of benzene rings is 3. The Labute approximate surface area is 149 Å². The molecular weight excluding hydrogens is 329 g/mol. The predicted molar refractivity (Wildman–Crippen MR) is 100 cm³/mol. The highest BCUT2D eigenvalue weighted by atomic mass is 19.1. The van der Waals surface area contributed by atoms with Crippen molar-refractivity contribution in [3.05, 3.63) is 83.7 Å². The lowest BCUT2D eigenvalue weighted by Gasteiger charge is -2.08. The van der Waals surface area contributed by atoms with E-state index in [9.17, 15) is 4.39 Å². The first-order valence-electron chi connectivity index (χ1n) is 8.17. The Hall–Kier alpha value is -3.54. The van der Waals surface area contributed by atoms with Crippen LogP contribution in [-0.4, -0.2) is 10.4 Å². The van der Waals surface area contributed by atoms with Crippen molar-refractivity contribution in [1.29, 1.82) is 0 Å². The van der Waals surface area contributed by atoms with Crippen LogP contribution in [0.3, 0.4) is 0 Å². The number of fused-ring (bicyclic) bond motifs is 3. The number of aromatic nitrogens is 1. The Morgan fingerprint density at radius 2 is 1.69 bits per heavy atom. The SMILES string of the molecule is NN=NC(=[NH2+])c1ccc2c(c1)c1ccccc1n2Cc1ccccc1F. The van der Waals surface area contributed by atoms with E-state index >= 15 is 0 Å². The lowest BCUT2D eigenvalue weighted by Crippen LogP contribution is -2.38. The van der Waals surface area contributed by atoms with E-state index in [4.69, 9.17) is 11.3 Å². The highest BCUT2D eigenvalue weighted by Gasteiger charge is 2.15. The number of halogens is 1. The van der Waals surface area contributed by atoms with Crippen molar-refractivity contribution < 1.29 is 9.80 Å². The molecule has 0 saturated carbocycles. The van der Waals surface area contributed by atoms with Crippen molar-refractivity contribution in [3.63, 3.8) is 0 Å². The minimum absolute atomic E-state index is 0.212. The first-order valence-corrected chi connectivity index (χ1v) is 8.17. The molecule has 0 fully saturated rings. The summed E-state index contributed by atoms with van der Waals surface area (Å²) in [6.07, 6.45) is 0. The van der Waals surface area contributed by atoms with E-state index in [0.29, 0.717) is 12.1 Å². The van der Waals surface area contributed by atoms with Crippen molar-refractivity contribution in [1.82, 2.24) is 4.57 Å². The third-order valence-corrected chi connectivity index (χ3v) is 4.52. The number of para-hydroxylation sites is 1. The van der Waals surface area contributed by atoms with Gasteiger partial charge in [0.05, 0.1) is 17.2 Å². The molecule has 0 aliphatic rings. The van der Waals surface area contributed by atoms with Gasteiger partial charge in [-0.05, 0) is 30.3 Å². The number of rotatable bonds is 3. The van der Waals surface area contributed by atoms with Crippen LogP contribution >= 0.6 is 0 Å². The fraction of sp³-hybridized carbons (Fsp3) is 0.0500. The number of amidine groups is 1. The zero-order chi connectivity index (χ0) is 18.1. The molecule has 26 heavy (non-hydrogen) atoms. The second-order valence-corrected chi connectivity index (χ2v) is 6.03. The largest absolute Gasteiger partial charge is 0.350 e. The molecule has 0 spiro atoms. The molecule has 0 aliphatic carbocycles. The van der Waals surface area contributed by atoms with E-state index in [1.54, 1.807) is 12.1 Å². The second-order valence-electron chi connectivity index (χ2n) is 6.03. The molecule has 0 aliphatic heterocycles. The Morgan fingerprint density at radius 1 is 0.962 bits per heavy atom. The molecule has 3 aromatic carbocycles. The van der Waals surface area contributed by atoms with Crippen molar-refractivity contribution in [2.75, 3.05) is 0 Å². The minimum atomic E-state index is -0.212. The molecule has 0 atom stereocenters. The maximum absolute atomic E-state index is 14.2. The van der Waals surface area contributed by atoms with Gasteiger partial charge < -0.3 is 4.57 Å². The van der Waals surface area contributed by atoms with Crippen LogP contribution < -0.4 is 11.3 Å². The van der Waals surface area contributed by atoms with E-state index in [-0.39, 0.29) is 11.7 Å². The van der Waals surface area contributed by atoms with Crippen molar-refractivity contribution in [3.8, 4) is 0 Å². The summed E-state index contributed by atoms with van der Waals surface area (Å²) in [5.41, 5.74) is 3.40. The highest BCUT2D eigenvalue weighted by molar-refractivity contribution is 6.10. The standard InChI is InChI=1S/C20H16FN5/c21-17-7-3-1-5-14(17)12-26-18-8-4-2-6-15(18)16-11-13(9-10-19(16)26)20(22)24-25-23/h1-11H,12H2,(H3,22,23,24)/p+1. The molecule has 1 heterocycles. The molecule has 0 amide bonds. The van der Waals surface area contributed by atoms with E-state index in [1.807, 2.05) is 48.5 Å². The Kier molecular flexibility index (Phi) is 3.93. The lowest BCUT2D eigenvalue weighted by molar-refractivity contribution is -0.114. The van der Waals surface area contributed by atoms with Crippen LogP contribution in [0.4, 0.5) is 4.39 Å². The minimum Gasteiger partial charge on any atom is -0.336 e. The Morgan fingerprint density at radius 3 is 2.50 bits per heavy atom. The number of nitrogens with zero attached hydrogens (tertiary/aromatic N) is 3. The van der Waals surface area contributed by atoms with E-state index in [0.717, 1.165) is 27.4 Å². The summed E-state index contributed by atoms with van der Waals surface area (Å²) in [6, 6.07) is 20.6. The summed E-state index contributed by atoms with van der Waals surface area (Å²) in [7, 11) is 0. The van der Waals surface area contributed by atoms with Gasteiger partial charge in [0.1, 0.15) is 5.82 Å². The van der Waals surface area contributed by atoms with Crippen LogP contribution in [0.2, 0.25) is 0 Å². The highest BCUT2D eigenvalue weighted by Crippen LogP contribution is 2.30. The van der Waals surface area contributed by atoms with Gasteiger partial charge in [0.15, 0.2) is 0 Å². The monoisotopic (exact) mass is 346 g/mol. The van der Waals surface area contributed by atoms with E-state index < -0.39 is 0 Å². The Balaban J connectivity index is 1.94. The summed E-state index contributed by atoms with van der Waals surface area (Å²) in [6.45, 7) is 0.442. The summed E-state index contributed by atoms with van der Waals surface area (Å²) in [5.74, 6) is 5.13. The molecule has 1 aromatic heterocycles. The lowest BCUT2D eigenvalue weighted by atomic mass is 10.1. The van der Waals surface area contributed by atoms with Gasteiger partial charge in [0, 0.05) is 32.6 Å². The van der Waals surface area contributed by atoms with Crippen LogP contribution in [-0.2, 0) is 6.54 Å². The molecule has 4 aromatic rings. The number of hydrogen-bond donors (Lipinski definition) is 2. The van der Waals surface area contributed by atoms with E-state index in [1.165, 1.54) is 6.07 Å². The summed E-state index contributed by atoms with van der Waals surface area (Å²) in [4.78, 5) is 0. The third-order valence-electron chi connectivity index (χ3n) is 4.52. The summed E-state index contributed by atoms with van der Waals surface area (Å²) in [5, 5.41) is 14.9. The molecule has 0 unspecified atom stereocenters. The van der Waals surface area contributed by atoms with Gasteiger partial charge >= 0.3 is 5.84 Å². The first-order chi connectivity index (χ1) is 12.7. The van der Waals surface area contributed by atoms with Gasteiger partial charge in [-0.3, -0.25) is 11.3 Å². The fourth-order valence-corrected chi connectivity index (χ4v) is 3.30. The number of nitrogens with two attached hydrogens (primary N) is 2. The average Bonchev–Trinajstić information content (AvgIpc) is 2.97. The summed E-state index contributed by atoms with van der Waals surface area (Å²) < 4.78 is 16.3. The first kappa shape index (κ1) is 16.0. The zero-order valence-electron chi connectivity index (χ0n) is 13.9. The smallest absolute Gasteiger partial charge is 0.336 e. The van der Waals surface area contributed by atoms with Crippen LogP contribution in [0, 0.1) is 5.82 Å². The summed E-state index contributed by atoms with van der Waals surface area (Å²) >= 11 is 0.